The number of carbonyl (C=O) groups excluding carboxylic acids is 1. The summed E-state index contributed by atoms with van der Waals surface area (Å²) in [6.45, 7) is 1.92. The van der Waals surface area contributed by atoms with Gasteiger partial charge in [0.15, 0.2) is 0 Å². The number of aromatic hydroxyl groups is 1. The molecule has 88 valence electrons. The monoisotopic (exact) mass is 241 g/mol. The number of amides is 1. The van der Waals surface area contributed by atoms with Gasteiger partial charge in [-0.1, -0.05) is 12.1 Å². The molecule has 0 aliphatic heterocycles. The fraction of sp³-hybridized carbons (Fsp3) is 0.417. The second kappa shape index (κ2) is 6.38. The number of phenolic OH excluding ortho intramolecular Hbond substituents is 1. The van der Waals surface area contributed by atoms with Crippen molar-refractivity contribution in [2.75, 3.05) is 5.88 Å². The molecule has 1 rings (SSSR count). The molecule has 4 heteroatoms. The van der Waals surface area contributed by atoms with E-state index >= 15 is 0 Å². The Hall–Kier alpha value is -1.22. The minimum absolute atomic E-state index is 0.0526. The van der Waals surface area contributed by atoms with Crippen LogP contribution < -0.4 is 5.32 Å². The summed E-state index contributed by atoms with van der Waals surface area (Å²) in [5.74, 6) is 0.662. The molecule has 3 nitrogen and oxygen atoms in total. The van der Waals surface area contributed by atoms with Crippen LogP contribution in [0.4, 0.5) is 0 Å². The van der Waals surface area contributed by atoms with Crippen molar-refractivity contribution in [1.82, 2.24) is 5.32 Å². The summed E-state index contributed by atoms with van der Waals surface area (Å²) in [5, 5.41) is 12.1. The number of hydrogen-bond acceptors (Lipinski definition) is 2. The van der Waals surface area contributed by atoms with Crippen LogP contribution in [0, 0.1) is 0 Å². The molecule has 2 N–H and O–H groups in total. The second-order valence-electron chi connectivity index (χ2n) is 3.79. The summed E-state index contributed by atoms with van der Waals surface area (Å²) in [4.78, 5) is 11.6. The number of halogens is 1. The van der Waals surface area contributed by atoms with Gasteiger partial charge in [0.25, 0.3) is 0 Å². The normalized spacial score (nSPS) is 12.1. The number of alkyl halides is 1. The minimum Gasteiger partial charge on any atom is -0.508 e. The topological polar surface area (TPSA) is 49.3 Å². The van der Waals surface area contributed by atoms with Gasteiger partial charge in [-0.25, -0.2) is 0 Å². The SMILES string of the molecule is CC(CCCl)NC(=O)Cc1cccc(O)c1. The number of phenols is 1. The van der Waals surface area contributed by atoms with Crippen molar-refractivity contribution in [1.29, 1.82) is 0 Å². The molecule has 1 unspecified atom stereocenters. The van der Waals surface area contributed by atoms with E-state index in [2.05, 4.69) is 5.32 Å². The van der Waals surface area contributed by atoms with Crippen LogP contribution in [0.25, 0.3) is 0 Å². The molecule has 0 saturated heterocycles. The molecule has 0 radical (unpaired) electrons. The summed E-state index contributed by atoms with van der Waals surface area (Å²) >= 11 is 5.58. The lowest BCUT2D eigenvalue weighted by molar-refractivity contribution is -0.121. The van der Waals surface area contributed by atoms with Crippen molar-refractivity contribution in [3.05, 3.63) is 29.8 Å². The average Bonchev–Trinajstić information content (AvgIpc) is 2.17. The lowest BCUT2D eigenvalue weighted by atomic mass is 10.1. The quantitative estimate of drug-likeness (QED) is 0.776. The van der Waals surface area contributed by atoms with Crippen molar-refractivity contribution in [3.8, 4) is 5.75 Å². The first kappa shape index (κ1) is 12.8. The Labute approximate surface area is 100 Å². The zero-order chi connectivity index (χ0) is 12.0. The Bertz CT molecular complexity index is 355. The van der Waals surface area contributed by atoms with E-state index in [1.807, 2.05) is 13.0 Å². The zero-order valence-electron chi connectivity index (χ0n) is 9.24. The van der Waals surface area contributed by atoms with E-state index in [-0.39, 0.29) is 24.1 Å². The molecular formula is C12H16ClNO2. The minimum atomic E-state index is -0.0526. The van der Waals surface area contributed by atoms with Crippen LogP contribution in [0.5, 0.6) is 5.75 Å². The van der Waals surface area contributed by atoms with Crippen LogP contribution in [0.1, 0.15) is 18.9 Å². The van der Waals surface area contributed by atoms with Gasteiger partial charge in [0.05, 0.1) is 6.42 Å². The summed E-state index contributed by atoms with van der Waals surface area (Å²) in [6.07, 6.45) is 1.04. The van der Waals surface area contributed by atoms with Crippen LogP contribution in [0.15, 0.2) is 24.3 Å². The van der Waals surface area contributed by atoms with E-state index < -0.39 is 0 Å². The van der Waals surface area contributed by atoms with E-state index in [1.54, 1.807) is 18.2 Å². The predicted molar refractivity (Wildman–Crippen MR) is 64.8 cm³/mol. The van der Waals surface area contributed by atoms with E-state index in [4.69, 9.17) is 11.6 Å². The third-order valence-electron chi connectivity index (χ3n) is 2.22. The Morgan fingerprint density at radius 2 is 2.31 bits per heavy atom. The van der Waals surface area contributed by atoms with Gasteiger partial charge in [-0.3, -0.25) is 4.79 Å². The van der Waals surface area contributed by atoms with Gasteiger partial charge in [-0.2, -0.15) is 0 Å². The number of rotatable bonds is 5. The molecule has 16 heavy (non-hydrogen) atoms. The number of benzene rings is 1. The average molecular weight is 242 g/mol. The highest BCUT2D eigenvalue weighted by atomic mass is 35.5. The summed E-state index contributed by atoms with van der Waals surface area (Å²) in [5.41, 5.74) is 0.801. The van der Waals surface area contributed by atoms with Crippen LogP contribution in [0.2, 0.25) is 0 Å². The van der Waals surface area contributed by atoms with E-state index in [0.29, 0.717) is 5.88 Å². The van der Waals surface area contributed by atoms with Gasteiger partial charge in [0.2, 0.25) is 5.91 Å². The summed E-state index contributed by atoms with van der Waals surface area (Å²) in [6, 6.07) is 6.79. The van der Waals surface area contributed by atoms with Crippen LogP contribution >= 0.6 is 11.6 Å². The molecule has 0 fully saturated rings. The fourth-order valence-electron chi connectivity index (χ4n) is 1.41. The van der Waals surface area contributed by atoms with Crippen molar-refractivity contribution < 1.29 is 9.90 Å². The number of carbonyl (C=O) groups is 1. The Kier molecular flexibility index (Phi) is 5.12. The summed E-state index contributed by atoms with van der Waals surface area (Å²) < 4.78 is 0. The van der Waals surface area contributed by atoms with E-state index in [9.17, 15) is 9.90 Å². The highest BCUT2D eigenvalue weighted by molar-refractivity contribution is 6.17. The van der Waals surface area contributed by atoms with Gasteiger partial charge >= 0.3 is 0 Å². The molecule has 0 aliphatic rings. The van der Waals surface area contributed by atoms with Crippen molar-refractivity contribution in [2.24, 2.45) is 0 Å². The van der Waals surface area contributed by atoms with Gasteiger partial charge in [0.1, 0.15) is 5.75 Å². The molecule has 1 amide bonds. The maximum absolute atomic E-state index is 11.6. The molecule has 0 saturated carbocycles. The molecule has 0 aromatic heterocycles. The molecule has 0 spiro atoms. The summed E-state index contributed by atoms with van der Waals surface area (Å²) in [7, 11) is 0. The maximum atomic E-state index is 11.6. The fourth-order valence-corrected chi connectivity index (χ4v) is 1.74. The van der Waals surface area contributed by atoms with Gasteiger partial charge in [-0.15, -0.1) is 11.6 Å². The first-order valence-corrected chi connectivity index (χ1v) is 5.78. The van der Waals surface area contributed by atoms with Crippen molar-refractivity contribution >= 4 is 17.5 Å². The smallest absolute Gasteiger partial charge is 0.224 e. The zero-order valence-corrected chi connectivity index (χ0v) is 10.00. The first-order valence-electron chi connectivity index (χ1n) is 5.25. The Balaban J connectivity index is 2.45. The van der Waals surface area contributed by atoms with Gasteiger partial charge in [-0.05, 0) is 31.0 Å². The molecular weight excluding hydrogens is 226 g/mol. The van der Waals surface area contributed by atoms with Gasteiger partial charge < -0.3 is 10.4 Å². The van der Waals surface area contributed by atoms with E-state index in [0.717, 1.165) is 12.0 Å². The molecule has 1 aromatic rings. The lowest BCUT2D eigenvalue weighted by Crippen LogP contribution is -2.33. The molecule has 0 aliphatic carbocycles. The second-order valence-corrected chi connectivity index (χ2v) is 4.17. The van der Waals surface area contributed by atoms with Crippen LogP contribution in [-0.2, 0) is 11.2 Å². The number of hydrogen-bond donors (Lipinski definition) is 2. The van der Waals surface area contributed by atoms with Gasteiger partial charge in [0, 0.05) is 11.9 Å². The largest absolute Gasteiger partial charge is 0.508 e. The van der Waals surface area contributed by atoms with Crippen LogP contribution in [0.3, 0.4) is 0 Å². The predicted octanol–water partition coefficient (Wildman–Crippen LogP) is 2.07. The maximum Gasteiger partial charge on any atom is 0.224 e. The van der Waals surface area contributed by atoms with Crippen LogP contribution in [-0.4, -0.2) is 22.9 Å². The Morgan fingerprint density at radius 1 is 1.56 bits per heavy atom. The molecule has 0 bridgehead atoms. The molecule has 1 atom stereocenters. The number of nitrogens with one attached hydrogen (secondary N) is 1. The highest BCUT2D eigenvalue weighted by Crippen LogP contribution is 2.11. The highest BCUT2D eigenvalue weighted by Gasteiger charge is 2.07. The molecule has 0 heterocycles. The Morgan fingerprint density at radius 3 is 2.94 bits per heavy atom. The van der Waals surface area contributed by atoms with E-state index in [1.165, 1.54) is 0 Å². The standard InChI is InChI=1S/C12H16ClNO2/c1-9(5-6-13)14-12(16)8-10-3-2-4-11(15)7-10/h2-4,7,9,15H,5-6,8H2,1H3,(H,14,16). The third-order valence-corrected chi connectivity index (χ3v) is 2.44. The molecule has 1 aromatic carbocycles. The third kappa shape index (κ3) is 4.53. The first-order chi connectivity index (χ1) is 7.61. The van der Waals surface area contributed by atoms with Crippen molar-refractivity contribution in [3.63, 3.8) is 0 Å². The lowest BCUT2D eigenvalue weighted by Gasteiger charge is -2.12. The van der Waals surface area contributed by atoms with Crippen molar-refractivity contribution in [2.45, 2.75) is 25.8 Å².